The minimum atomic E-state index is -0.335. The van der Waals surface area contributed by atoms with E-state index in [1.807, 2.05) is 0 Å². The Bertz CT molecular complexity index is 104. The van der Waals surface area contributed by atoms with Gasteiger partial charge in [-0.2, -0.15) is 0 Å². The monoisotopic (exact) mass is 175 g/mol. The van der Waals surface area contributed by atoms with Gasteiger partial charge in [-0.3, -0.25) is 0 Å². The Morgan fingerprint density at radius 1 is 1.36 bits per heavy atom. The van der Waals surface area contributed by atoms with Crippen LogP contribution < -0.4 is 5.73 Å². The van der Waals surface area contributed by atoms with Gasteiger partial charge in [-0.1, -0.05) is 19.3 Å². The van der Waals surface area contributed by atoms with Gasteiger partial charge in [-0.15, -0.1) is 11.8 Å². The van der Waals surface area contributed by atoms with Gasteiger partial charge in [0, 0.05) is 11.8 Å². The Labute approximate surface area is 72.5 Å². The number of aliphatic hydroxyl groups is 1. The molecule has 2 nitrogen and oxygen atoms in total. The molecular weight excluding hydrogens is 158 g/mol. The van der Waals surface area contributed by atoms with Crippen molar-refractivity contribution in [2.45, 2.75) is 42.8 Å². The zero-order valence-electron chi connectivity index (χ0n) is 6.83. The first-order chi connectivity index (χ1) is 5.33. The molecule has 0 aromatic rings. The van der Waals surface area contributed by atoms with E-state index in [4.69, 9.17) is 5.73 Å². The lowest BCUT2D eigenvalue weighted by Crippen LogP contribution is -2.20. The Morgan fingerprint density at radius 3 is 2.55 bits per heavy atom. The van der Waals surface area contributed by atoms with Crippen LogP contribution in [-0.2, 0) is 0 Å². The van der Waals surface area contributed by atoms with Crippen molar-refractivity contribution < 1.29 is 5.11 Å². The van der Waals surface area contributed by atoms with Gasteiger partial charge in [-0.05, 0) is 12.8 Å². The summed E-state index contributed by atoms with van der Waals surface area (Å²) in [5, 5.41) is 9.92. The summed E-state index contributed by atoms with van der Waals surface area (Å²) in [6, 6.07) is 0. The summed E-state index contributed by atoms with van der Waals surface area (Å²) in [5.41, 5.74) is 4.98. The molecule has 1 atom stereocenters. The van der Waals surface area contributed by atoms with E-state index in [-0.39, 0.29) is 5.44 Å². The van der Waals surface area contributed by atoms with Crippen molar-refractivity contribution in [1.29, 1.82) is 0 Å². The summed E-state index contributed by atoms with van der Waals surface area (Å²) in [7, 11) is 0. The van der Waals surface area contributed by atoms with Crippen molar-refractivity contribution in [1.82, 2.24) is 0 Å². The number of hydrogen-bond donors (Lipinski definition) is 2. The van der Waals surface area contributed by atoms with Crippen molar-refractivity contribution in [2.24, 2.45) is 5.73 Å². The van der Waals surface area contributed by atoms with E-state index in [2.05, 4.69) is 0 Å². The fraction of sp³-hybridized carbons (Fsp3) is 1.00. The van der Waals surface area contributed by atoms with E-state index in [0.29, 0.717) is 11.8 Å². The zero-order chi connectivity index (χ0) is 8.10. The predicted molar refractivity (Wildman–Crippen MR) is 49.5 cm³/mol. The first-order valence-corrected chi connectivity index (χ1v) is 5.31. The van der Waals surface area contributed by atoms with Crippen LogP contribution in [0.2, 0.25) is 0 Å². The molecule has 0 amide bonds. The molecule has 3 heteroatoms. The van der Waals surface area contributed by atoms with Gasteiger partial charge in [0.1, 0.15) is 5.44 Å². The molecule has 0 saturated heterocycles. The Morgan fingerprint density at radius 2 is 2.00 bits per heavy atom. The van der Waals surface area contributed by atoms with Crippen LogP contribution in [0, 0.1) is 0 Å². The maximum absolute atomic E-state index is 9.25. The van der Waals surface area contributed by atoms with Crippen LogP contribution in [0.3, 0.4) is 0 Å². The molecule has 0 bridgehead atoms. The molecular formula is C8H17NOS. The van der Waals surface area contributed by atoms with Gasteiger partial charge in [-0.25, -0.2) is 0 Å². The largest absolute Gasteiger partial charge is 0.381 e. The molecule has 0 heterocycles. The molecule has 0 aliphatic heterocycles. The second-order valence-corrected chi connectivity index (χ2v) is 4.57. The van der Waals surface area contributed by atoms with Crippen LogP contribution in [0.25, 0.3) is 0 Å². The quantitative estimate of drug-likeness (QED) is 0.636. The van der Waals surface area contributed by atoms with E-state index >= 15 is 0 Å². The maximum atomic E-state index is 9.25. The fourth-order valence-corrected chi connectivity index (χ4v) is 2.64. The molecule has 0 aromatic heterocycles. The van der Waals surface area contributed by atoms with Crippen molar-refractivity contribution in [3.63, 3.8) is 0 Å². The predicted octanol–water partition coefficient (Wildman–Crippen LogP) is 1.33. The molecule has 1 aliphatic carbocycles. The van der Waals surface area contributed by atoms with Crippen molar-refractivity contribution in [2.75, 3.05) is 6.54 Å². The average Bonchev–Trinajstić information content (AvgIpc) is 2.06. The molecule has 3 N–H and O–H groups in total. The number of thioether (sulfide) groups is 1. The fourth-order valence-electron chi connectivity index (χ4n) is 1.48. The van der Waals surface area contributed by atoms with Crippen LogP contribution in [0.15, 0.2) is 0 Å². The lowest BCUT2D eigenvalue weighted by atomic mass is 10.0. The number of aliphatic hydroxyl groups excluding tert-OH is 1. The number of hydrogen-bond acceptors (Lipinski definition) is 3. The standard InChI is InChI=1S/C8H17NOS/c9-6-8(10)11-7-4-2-1-3-5-7/h7-8,10H,1-6,9H2. The zero-order valence-corrected chi connectivity index (χ0v) is 7.65. The van der Waals surface area contributed by atoms with Crippen molar-refractivity contribution in [3.05, 3.63) is 0 Å². The summed E-state index contributed by atoms with van der Waals surface area (Å²) in [6.45, 7) is 0.390. The minimum Gasteiger partial charge on any atom is -0.381 e. The summed E-state index contributed by atoms with van der Waals surface area (Å²) >= 11 is 1.65. The molecule has 11 heavy (non-hydrogen) atoms. The van der Waals surface area contributed by atoms with Gasteiger partial charge >= 0.3 is 0 Å². The normalized spacial score (nSPS) is 23.5. The van der Waals surface area contributed by atoms with Gasteiger partial charge in [0.25, 0.3) is 0 Å². The Balaban J connectivity index is 2.13. The Hall–Kier alpha value is 0.270. The first kappa shape index (κ1) is 9.36. The summed E-state index contributed by atoms with van der Waals surface area (Å²) in [4.78, 5) is 0. The van der Waals surface area contributed by atoms with Crippen LogP contribution in [0.4, 0.5) is 0 Å². The average molecular weight is 175 g/mol. The van der Waals surface area contributed by atoms with Crippen LogP contribution in [0.1, 0.15) is 32.1 Å². The van der Waals surface area contributed by atoms with Crippen LogP contribution >= 0.6 is 11.8 Å². The van der Waals surface area contributed by atoms with Gasteiger partial charge in [0.2, 0.25) is 0 Å². The molecule has 1 saturated carbocycles. The van der Waals surface area contributed by atoms with Gasteiger partial charge in [0.15, 0.2) is 0 Å². The highest BCUT2D eigenvalue weighted by atomic mass is 32.2. The number of rotatable bonds is 3. The highest BCUT2D eigenvalue weighted by Gasteiger charge is 2.16. The van der Waals surface area contributed by atoms with Crippen LogP contribution in [-0.4, -0.2) is 22.3 Å². The third-order valence-corrected chi connectivity index (χ3v) is 3.47. The van der Waals surface area contributed by atoms with Crippen molar-refractivity contribution >= 4 is 11.8 Å². The molecule has 0 radical (unpaired) electrons. The van der Waals surface area contributed by atoms with E-state index in [0.717, 1.165) is 0 Å². The lowest BCUT2D eigenvalue weighted by Gasteiger charge is -2.22. The first-order valence-electron chi connectivity index (χ1n) is 4.36. The van der Waals surface area contributed by atoms with Crippen LogP contribution in [0.5, 0.6) is 0 Å². The minimum absolute atomic E-state index is 0.335. The van der Waals surface area contributed by atoms with Crippen molar-refractivity contribution in [3.8, 4) is 0 Å². The third kappa shape index (κ3) is 3.45. The van der Waals surface area contributed by atoms with Gasteiger partial charge < -0.3 is 10.8 Å². The summed E-state index contributed by atoms with van der Waals surface area (Å²) in [5.74, 6) is 0. The SMILES string of the molecule is NCC(O)SC1CCCCC1. The molecule has 1 fully saturated rings. The van der Waals surface area contributed by atoms with E-state index < -0.39 is 0 Å². The highest BCUT2D eigenvalue weighted by Crippen LogP contribution is 2.29. The smallest absolute Gasteiger partial charge is 0.112 e. The molecule has 0 aromatic carbocycles. The van der Waals surface area contributed by atoms with E-state index in [1.54, 1.807) is 11.8 Å². The maximum Gasteiger partial charge on any atom is 0.112 e. The van der Waals surface area contributed by atoms with Gasteiger partial charge in [0.05, 0.1) is 0 Å². The van der Waals surface area contributed by atoms with E-state index in [9.17, 15) is 5.11 Å². The highest BCUT2D eigenvalue weighted by molar-refractivity contribution is 8.00. The molecule has 1 aliphatic rings. The topological polar surface area (TPSA) is 46.2 Å². The molecule has 66 valence electrons. The third-order valence-electron chi connectivity index (χ3n) is 2.10. The Kier molecular flexibility index (Phi) is 4.26. The summed E-state index contributed by atoms with van der Waals surface area (Å²) < 4.78 is 0. The number of nitrogens with two attached hydrogens (primary N) is 1. The molecule has 1 unspecified atom stereocenters. The lowest BCUT2D eigenvalue weighted by molar-refractivity contribution is 0.269. The molecule has 0 spiro atoms. The second kappa shape index (κ2) is 5.01. The summed E-state index contributed by atoms with van der Waals surface area (Å²) in [6.07, 6.45) is 6.56. The second-order valence-electron chi connectivity index (χ2n) is 3.09. The molecule has 1 rings (SSSR count). The van der Waals surface area contributed by atoms with E-state index in [1.165, 1.54) is 32.1 Å².